The molecule has 6 nitrogen and oxygen atoms in total. The van der Waals surface area contributed by atoms with Gasteiger partial charge in [-0.25, -0.2) is 4.39 Å². The summed E-state index contributed by atoms with van der Waals surface area (Å²) in [6, 6.07) is 3.78. The molecule has 0 aliphatic carbocycles. The number of piperazine rings is 1. The van der Waals surface area contributed by atoms with Gasteiger partial charge >= 0.3 is 0 Å². The van der Waals surface area contributed by atoms with Crippen molar-refractivity contribution < 1.29 is 4.39 Å². The first kappa shape index (κ1) is 20.2. The lowest BCUT2D eigenvalue weighted by Crippen LogP contribution is -2.47. The van der Waals surface area contributed by atoms with E-state index < -0.39 is 0 Å². The van der Waals surface area contributed by atoms with Gasteiger partial charge in [-0.2, -0.15) is 5.10 Å². The summed E-state index contributed by atoms with van der Waals surface area (Å²) >= 11 is 0. The molecule has 1 aromatic carbocycles. The number of hydrogen-bond acceptors (Lipinski definition) is 5. The van der Waals surface area contributed by atoms with Gasteiger partial charge < -0.3 is 20.4 Å². The first-order chi connectivity index (χ1) is 14.7. The molecular formula is C23H35FN6. The van der Waals surface area contributed by atoms with Crippen molar-refractivity contribution in [3.05, 3.63) is 23.6 Å². The van der Waals surface area contributed by atoms with Gasteiger partial charge in [0.25, 0.3) is 0 Å². The van der Waals surface area contributed by atoms with Crippen LogP contribution < -0.4 is 15.5 Å². The van der Waals surface area contributed by atoms with Crippen molar-refractivity contribution in [1.82, 2.24) is 25.3 Å². The summed E-state index contributed by atoms with van der Waals surface area (Å²) in [5, 5.41) is 12.7. The zero-order valence-electron chi connectivity index (χ0n) is 18.2. The highest BCUT2D eigenvalue weighted by atomic mass is 19.1. The third-order valence-corrected chi connectivity index (χ3v) is 7.31. The lowest BCUT2D eigenvalue weighted by molar-refractivity contribution is 0.190. The normalized spacial score (nSPS) is 24.6. The van der Waals surface area contributed by atoms with Crippen LogP contribution in [0.4, 0.5) is 10.1 Å². The molecular weight excluding hydrogens is 379 g/mol. The predicted molar refractivity (Wildman–Crippen MR) is 120 cm³/mol. The van der Waals surface area contributed by atoms with Gasteiger partial charge in [-0.05, 0) is 50.3 Å². The number of rotatable bonds is 4. The van der Waals surface area contributed by atoms with E-state index in [4.69, 9.17) is 5.10 Å². The van der Waals surface area contributed by atoms with Crippen LogP contribution in [0.1, 0.15) is 37.3 Å². The quantitative estimate of drug-likeness (QED) is 0.804. The minimum Gasteiger partial charge on any atom is -0.369 e. The molecule has 3 aliphatic rings. The summed E-state index contributed by atoms with van der Waals surface area (Å²) in [4.78, 5) is 4.83. The van der Waals surface area contributed by atoms with Gasteiger partial charge in [0, 0.05) is 70.7 Å². The molecule has 1 unspecified atom stereocenters. The van der Waals surface area contributed by atoms with E-state index in [9.17, 15) is 0 Å². The van der Waals surface area contributed by atoms with Crippen molar-refractivity contribution in [2.75, 3.05) is 63.8 Å². The molecule has 7 heteroatoms. The first-order valence-electron chi connectivity index (χ1n) is 11.7. The molecule has 2 N–H and O–H groups in total. The highest BCUT2D eigenvalue weighted by Gasteiger charge is 2.26. The van der Waals surface area contributed by atoms with Gasteiger partial charge in [-0.1, -0.05) is 0 Å². The Hall–Kier alpha value is -1.70. The topological polar surface area (TPSA) is 48.4 Å². The zero-order chi connectivity index (χ0) is 20.5. The summed E-state index contributed by atoms with van der Waals surface area (Å²) in [5.74, 6) is 1.02. The van der Waals surface area contributed by atoms with E-state index in [0.29, 0.717) is 5.92 Å². The fourth-order valence-corrected chi connectivity index (χ4v) is 5.54. The van der Waals surface area contributed by atoms with E-state index in [2.05, 4.69) is 20.4 Å². The van der Waals surface area contributed by atoms with Crippen LogP contribution in [-0.4, -0.2) is 73.6 Å². The maximum absolute atomic E-state index is 15.2. The molecule has 0 spiro atoms. The van der Waals surface area contributed by atoms with Crippen molar-refractivity contribution in [2.24, 2.45) is 13.0 Å². The van der Waals surface area contributed by atoms with E-state index >= 15 is 4.39 Å². The van der Waals surface area contributed by atoms with Crippen molar-refractivity contribution >= 4 is 16.6 Å². The molecule has 3 aliphatic heterocycles. The monoisotopic (exact) mass is 414 g/mol. The molecule has 0 amide bonds. The molecule has 4 heterocycles. The number of aromatic nitrogens is 2. The smallest absolute Gasteiger partial charge is 0.147 e. The third-order valence-electron chi connectivity index (χ3n) is 7.31. The summed E-state index contributed by atoms with van der Waals surface area (Å²) < 4.78 is 17.2. The number of hydrogen-bond donors (Lipinski definition) is 2. The van der Waals surface area contributed by atoms with Crippen LogP contribution >= 0.6 is 0 Å². The number of benzene rings is 1. The van der Waals surface area contributed by atoms with Crippen molar-refractivity contribution in [3.8, 4) is 0 Å². The molecule has 30 heavy (non-hydrogen) atoms. The van der Waals surface area contributed by atoms with E-state index in [-0.39, 0.29) is 5.82 Å². The standard InChI is InChI=1S/C23H35FN6/c1-28-21-14-22(20(24)13-19(21)23(27-28)18-3-2-6-26-15-18)30-9-4-17(5-10-30)16-29-11-7-25-8-12-29/h13-14,17-18,25-26H,2-12,15-16H2,1H3. The van der Waals surface area contributed by atoms with Gasteiger partial charge in [0.1, 0.15) is 5.82 Å². The largest absolute Gasteiger partial charge is 0.369 e. The minimum absolute atomic E-state index is 0.0962. The van der Waals surface area contributed by atoms with Crippen LogP contribution in [0.5, 0.6) is 0 Å². The Labute approximate surface area is 178 Å². The SMILES string of the molecule is Cn1nc(C2CCCNC2)c2cc(F)c(N3CCC(CN4CCNCC4)CC3)cc21. The van der Waals surface area contributed by atoms with Gasteiger partial charge in [0.15, 0.2) is 0 Å². The second-order valence-corrected chi connectivity index (χ2v) is 9.35. The highest BCUT2D eigenvalue weighted by Crippen LogP contribution is 2.34. The summed E-state index contributed by atoms with van der Waals surface area (Å²) in [7, 11) is 1.99. The number of anilines is 1. The van der Waals surface area contributed by atoms with Gasteiger partial charge in [-0.15, -0.1) is 0 Å². The van der Waals surface area contributed by atoms with Gasteiger partial charge in [0.05, 0.1) is 16.9 Å². The molecule has 3 saturated heterocycles. The average Bonchev–Trinajstić information content (AvgIpc) is 3.10. The fraction of sp³-hybridized carbons (Fsp3) is 0.696. The zero-order valence-corrected chi connectivity index (χ0v) is 18.2. The van der Waals surface area contributed by atoms with Crippen LogP contribution in [-0.2, 0) is 7.05 Å². The minimum atomic E-state index is -0.0962. The summed E-state index contributed by atoms with van der Waals surface area (Å²) in [6.07, 6.45) is 4.58. The molecule has 0 bridgehead atoms. The number of halogens is 1. The maximum Gasteiger partial charge on any atom is 0.147 e. The number of nitrogens with one attached hydrogen (secondary N) is 2. The van der Waals surface area contributed by atoms with Crippen LogP contribution in [0, 0.1) is 11.7 Å². The fourth-order valence-electron chi connectivity index (χ4n) is 5.54. The summed E-state index contributed by atoms with van der Waals surface area (Å²) in [5.41, 5.74) is 2.86. The average molecular weight is 415 g/mol. The maximum atomic E-state index is 15.2. The molecule has 1 atom stereocenters. The molecule has 0 saturated carbocycles. The van der Waals surface area contributed by atoms with Crippen molar-refractivity contribution in [3.63, 3.8) is 0 Å². The number of aryl methyl sites for hydroxylation is 1. The third kappa shape index (κ3) is 4.07. The Morgan fingerprint density at radius 1 is 1.03 bits per heavy atom. The number of fused-ring (bicyclic) bond motifs is 1. The van der Waals surface area contributed by atoms with E-state index in [1.165, 1.54) is 6.54 Å². The van der Waals surface area contributed by atoms with Crippen LogP contribution in [0.15, 0.2) is 12.1 Å². The lowest BCUT2D eigenvalue weighted by Gasteiger charge is -2.37. The molecule has 164 valence electrons. The molecule has 1 aromatic heterocycles. The Balaban J connectivity index is 1.30. The molecule has 2 aromatic rings. The summed E-state index contributed by atoms with van der Waals surface area (Å²) in [6.45, 7) is 9.61. The second kappa shape index (κ2) is 8.81. The number of piperidine rings is 2. The highest BCUT2D eigenvalue weighted by molar-refractivity contribution is 5.86. The van der Waals surface area contributed by atoms with Crippen LogP contribution in [0.2, 0.25) is 0 Å². The van der Waals surface area contributed by atoms with Gasteiger partial charge in [-0.3, -0.25) is 4.68 Å². The second-order valence-electron chi connectivity index (χ2n) is 9.35. The first-order valence-corrected chi connectivity index (χ1v) is 11.7. The van der Waals surface area contributed by atoms with E-state index in [0.717, 1.165) is 106 Å². The Morgan fingerprint density at radius 2 is 1.83 bits per heavy atom. The van der Waals surface area contributed by atoms with Crippen molar-refractivity contribution in [1.29, 1.82) is 0 Å². The predicted octanol–water partition coefficient (Wildman–Crippen LogP) is 2.30. The van der Waals surface area contributed by atoms with Gasteiger partial charge in [0.2, 0.25) is 0 Å². The van der Waals surface area contributed by atoms with Crippen molar-refractivity contribution in [2.45, 2.75) is 31.6 Å². The van der Waals surface area contributed by atoms with Crippen LogP contribution in [0.3, 0.4) is 0 Å². The number of nitrogens with zero attached hydrogens (tertiary/aromatic N) is 4. The molecule has 5 rings (SSSR count). The Bertz CT molecular complexity index is 860. The molecule has 3 fully saturated rings. The molecule has 0 radical (unpaired) electrons. The van der Waals surface area contributed by atoms with E-state index in [1.807, 2.05) is 17.8 Å². The Kier molecular flexibility index (Phi) is 5.94. The van der Waals surface area contributed by atoms with E-state index in [1.54, 1.807) is 6.07 Å². The lowest BCUT2D eigenvalue weighted by atomic mass is 9.93. The Morgan fingerprint density at radius 3 is 2.57 bits per heavy atom. The van der Waals surface area contributed by atoms with Crippen LogP contribution in [0.25, 0.3) is 10.9 Å².